The Morgan fingerprint density at radius 1 is 1.12 bits per heavy atom. The van der Waals surface area contributed by atoms with Crippen molar-refractivity contribution in [3.63, 3.8) is 0 Å². The third-order valence-corrected chi connectivity index (χ3v) is 5.60. The number of rotatable bonds is 7. The summed E-state index contributed by atoms with van der Waals surface area (Å²) in [5, 5.41) is 10.6. The monoisotopic (exact) mass is 461 g/mol. The van der Waals surface area contributed by atoms with Crippen molar-refractivity contribution in [2.75, 3.05) is 53.7 Å². The third kappa shape index (κ3) is 4.91. The second kappa shape index (κ2) is 10.1. The van der Waals surface area contributed by atoms with Crippen molar-refractivity contribution in [2.24, 2.45) is 0 Å². The van der Waals surface area contributed by atoms with Crippen molar-refractivity contribution in [1.29, 1.82) is 0 Å². The topological polar surface area (TPSA) is 117 Å². The number of benzene rings is 1. The Morgan fingerprint density at radius 3 is 2.61 bits per heavy atom. The molecular weight excluding hydrogens is 434 g/mol. The number of aromatic hydroxyl groups is 1. The summed E-state index contributed by atoms with van der Waals surface area (Å²) < 4.78 is 33.2. The molecule has 3 heterocycles. The summed E-state index contributed by atoms with van der Waals surface area (Å²) in [5.41, 5.74) is -0.0395. The van der Waals surface area contributed by atoms with E-state index in [2.05, 4.69) is 0 Å². The van der Waals surface area contributed by atoms with Crippen LogP contribution in [0, 0.1) is 0 Å². The minimum Gasteiger partial charge on any atom is -0.502 e. The van der Waals surface area contributed by atoms with E-state index in [1.165, 1.54) is 20.3 Å². The van der Waals surface area contributed by atoms with Crippen molar-refractivity contribution in [3.8, 4) is 23.0 Å². The van der Waals surface area contributed by atoms with E-state index >= 15 is 0 Å². The summed E-state index contributed by atoms with van der Waals surface area (Å²) >= 11 is 0. The van der Waals surface area contributed by atoms with Gasteiger partial charge in [0, 0.05) is 32.7 Å². The molecule has 0 radical (unpaired) electrons. The Morgan fingerprint density at radius 2 is 1.88 bits per heavy atom. The molecule has 1 fully saturated rings. The van der Waals surface area contributed by atoms with Gasteiger partial charge in [0.15, 0.2) is 17.3 Å². The van der Waals surface area contributed by atoms with Crippen molar-refractivity contribution in [1.82, 2.24) is 4.90 Å². The SMILES string of the molecule is COCc1cc(=O)c(O)c([C@H](CC(=O)N2CCOCC2)c2cc(OC)c3c(c2)OCCO3)o1. The van der Waals surface area contributed by atoms with E-state index in [0.717, 1.165) is 0 Å². The lowest BCUT2D eigenvalue weighted by Gasteiger charge is -2.29. The van der Waals surface area contributed by atoms with E-state index in [9.17, 15) is 14.7 Å². The number of nitrogens with zero attached hydrogens (tertiary/aromatic N) is 1. The minimum absolute atomic E-state index is 0.0186. The molecule has 0 aliphatic carbocycles. The number of methoxy groups -OCH3 is 2. The molecule has 1 saturated heterocycles. The zero-order valence-electron chi connectivity index (χ0n) is 18.6. The first-order chi connectivity index (χ1) is 16.0. The highest BCUT2D eigenvalue weighted by molar-refractivity contribution is 5.78. The highest BCUT2D eigenvalue weighted by Crippen LogP contribution is 2.44. The van der Waals surface area contributed by atoms with Gasteiger partial charge in [-0.25, -0.2) is 0 Å². The maximum atomic E-state index is 13.2. The van der Waals surface area contributed by atoms with Crippen molar-refractivity contribution in [2.45, 2.75) is 18.9 Å². The molecule has 2 aromatic rings. The summed E-state index contributed by atoms with van der Waals surface area (Å²) in [6.07, 6.45) is -0.0459. The quantitative estimate of drug-likeness (QED) is 0.657. The van der Waals surface area contributed by atoms with Crippen LogP contribution in [0.15, 0.2) is 27.4 Å². The molecule has 1 N–H and O–H groups in total. The first kappa shape index (κ1) is 22.9. The number of morpholine rings is 1. The van der Waals surface area contributed by atoms with Gasteiger partial charge in [-0.1, -0.05) is 0 Å². The lowest BCUT2D eigenvalue weighted by Crippen LogP contribution is -2.41. The lowest BCUT2D eigenvalue weighted by molar-refractivity contribution is -0.135. The van der Waals surface area contributed by atoms with Crippen molar-refractivity contribution < 1.29 is 38.0 Å². The van der Waals surface area contributed by atoms with Crippen LogP contribution >= 0.6 is 0 Å². The molecule has 0 saturated carbocycles. The van der Waals surface area contributed by atoms with Gasteiger partial charge in [-0.3, -0.25) is 9.59 Å². The molecule has 1 amide bonds. The molecule has 33 heavy (non-hydrogen) atoms. The summed E-state index contributed by atoms with van der Waals surface area (Å²) in [6.45, 7) is 2.63. The van der Waals surface area contributed by atoms with Crippen LogP contribution in [0.3, 0.4) is 0 Å². The van der Waals surface area contributed by atoms with Gasteiger partial charge in [0.05, 0.1) is 26.2 Å². The number of ether oxygens (including phenoxy) is 5. The Hall–Kier alpha value is -3.24. The van der Waals surface area contributed by atoms with E-state index in [4.69, 9.17) is 28.1 Å². The number of hydrogen-bond acceptors (Lipinski definition) is 9. The van der Waals surface area contributed by atoms with Crippen LogP contribution in [-0.2, 0) is 20.9 Å². The molecule has 1 aromatic carbocycles. The van der Waals surface area contributed by atoms with Crippen LogP contribution in [0.2, 0.25) is 0 Å². The van der Waals surface area contributed by atoms with Crippen LogP contribution in [0.5, 0.6) is 23.0 Å². The Bertz CT molecular complexity index is 1040. The van der Waals surface area contributed by atoms with Gasteiger partial charge in [0.25, 0.3) is 0 Å². The highest BCUT2D eigenvalue weighted by atomic mass is 16.6. The zero-order valence-corrected chi connectivity index (χ0v) is 18.6. The first-order valence-electron chi connectivity index (χ1n) is 10.7. The normalized spacial score (nSPS) is 16.4. The lowest BCUT2D eigenvalue weighted by atomic mass is 9.90. The Labute approximate surface area is 190 Å². The van der Waals surface area contributed by atoms with Gasteiger partial charge >= 0.3 is 0 Å². The van der Waals surface area contributed by atoms with Crippen molar-refractivity contribution >= 4 is 5.91 Å². The van der Waals surface area contributed by atoms with E-state index in [1.54, 1.807) is 17.0 Å². The van der Waals surface area contributed by atoms with E-state index in [0.29, 0.717) is 62.3 Å². The molecule has 4 rings (SSSR count). The second-order valence-electron chi connectivity index (χ2n) is 7.72. The Kier molecular flexibility index (Phi) is 7.05. The molecule has 2 aliphatic heterocycles. The van der Waals surface area contributed by atoms with Crippen molar-refractivity contribution in [3.05, 3.63) is 45.5 Å². The fraction of sp³-hybridized carbons (Fsp3) is 0.478. The number of amides is 1. The number of carbonyl (C=O) groups excluding carboxylic acids is 1. The molecule has 178 valence electrons. The van der Waals surface area contributed by atoms with E-state index in [-0.39, 0.29) is 30.5 Å². The molecule has 10 nitrogen and oxygen atoms in total. The molecule has 10 heteroatoms. The minimum atomic E-state index is -0.783. The number of carbonyl (C=O) groups is 1. The zero-order chi connectivity index (χ0) is 23.4. The molecule has 0 unspecified atom stereocenters. The average Bonchev–Trinajstić information content (AvgIpc) is 2.84. The molecule has 0 bridgehead atoms. The number of fused-ring (bicyclic) bond motifs is 1. The van der Waals surface area contributed by atoms with Gasteiger partial charge in [0.2, 0.25) is 22.8 Å². The van der Waals surface area contributed by atoms with Crippen LogP contribution in [-0.4, -0.2) is 69.7 Å². The van der Waals surface area contributed by atoms with Gasteiger partial charge < -0.3 is 38.1 Å². The van der Waals surface area contributed by atoms with Crippen LogP contribution in [0.25, 0.3) is 0 Å². The maximum absolute atomic E-state index is 13.2. The molecule has 2 aliphatic rings. The predicted molar refractivity (Wildman–Crippen MR) is 115 cm³/mol. The smallest absolute Gasteiger partial charge is 0.227 e. The van der Waals surface area contributed by atoms with Gasteiger partial charge in [-0.2, -0.15) is 0 Å². The van der Waals surface area contributed by atoms with Crippen LogP contribution < -0.4 is 19.6 Å². The highest BCUT2D eigenvalue weighted by Gasteiger charge is 2.31. The predicted octanol–water partition coefficient (Wildman–Crippen LogP) is 1.65. The van der Waals surface area contributed by atoms with E-state index in [1.807, 2.05) is 0 Å². The first-order valence-corrected chi connectivity index (χ1v) is 10.7. The molecule has 1 aromatic heterocycles. The molecule has 0 spiro atoms. The maximum Gasteiger partial charge on any atom is 0.227 e. The average molecular weight is 461 g/mol. The van der Waals surface area contributed by atoms with Gasteiger partial charge in [-0.15, -0.1) is 0 Å². The summed E-state index contributed by atoms with van der Waals surface area (Å²) in [4.78, 5) is 27.3. The van der Waals surface area contributed by atoms with Crippen LogP contribution in [0.4, 0.5) is 0 Å². The number of hydrogen-bond donors (Lipinski definition) is 1. The third-order valence-electron chi connectivity index (χ3n) is 5.60. The second-order valence-corrected chi connectivity index (χ2v) is 7.72. The largest absolute Gasteiger partial charge is 0.502 e. The Balaban J connectivity index is 1.80. The molecule has 1 atom stereocenters. The summed E-state index contributed by atoms with van der Waals surface area (Å²) in [7, 11) is 2.97. The van der Waals surface area contributed by atoms with Crippen LogP contribution in [0.1, 0.15) is 29.4 Å². The fourth-order valence-corrected chi connectivity index (χ4v) is 3.98. The standard InChI is InChI=1S/C23H27NO9/c1-28-13-15-11-17(25)21(27)22(33-15)16(12-20(26)24-3-5-30-6-4-24)14-9-18(29-2)23-19(10-14)31-7-8-32-23/h9-11,16,27H,3-8,12-13H2,1-2H3/t16-/m1/s1. The van der Waals surface area contributed by atoms with Gasteiger partial charge in [0.1, 0.15) is 25.6 Å². The van der Waals surface area contributed by atoms with Gasteiger partial charge in [-0.05, 0) is 17.7 Å². The summed E-state index contributed by atoms with van der Waals surface area (Å²) in [6, 6.07) is 4.59. The fourth-order valence-electron chi connectivity index (χ4n) is 3.98. The summed E-state index contributed by atoms with van der Waals surface area (Å²) in [5.74, 6) is 0.0627. The molecular formula is C23H27NO9. The van der Waals surface area contributed by atoms with E-state index < -0.39 is 17.1 Å².